The van der Waals surface area contributed by atoms with Crippen molar-refractivity contribution in [2.24, 2.45) is 0 Å². The highest BCUT2D eigenvalue weighted by molar-refractivity contribution is 6.07. The van der Waals surface area contributed by atoms with Crippen molar-refractivity contribution < 1.29 is 18.7 Å². The molecule has 0 radical (unpaired) electrons. The molecule has 0 unspecified atom stereocenters. The summed E-state index contributed by atoms with van der Waals surface area (Å²) in [4.78, 5) is 24.7. The molecular formula is C22H23FN4O3. The Morgan fingerprint density at radius 3 is 2.33 bits per heavy atom. The highest BCUT2D eigenvalue weighted by atomic mass is 19.1. The first-order valence-corrected chi connectivity index (χ1v) is 9.33. The quantitative estimate of drug-likeness (QED) is 0.639. The van der Waals surface area contributed by atoms with Gasteiger partial charge in [0.25, 0.3) is 5.91 Å². The summed E-state index contributed by atoms with van der Waals surface area (Å²) in [6.45, 7) is 7.13. The van der Waals surface area contributed by atoms with E-state index >= 15 is 0 Å². The lowest BCUT2D eigenvalue weighted by Gasteiger charge is -2.20. The molecule has 3 rings (SSSR count). The number of nitrogens with zero attached hydrogens (tertiary/aromatic N) is 2. The van der Waals surface area contributed by atoms with Crippen LogP contribution in [-0.4, -0.2) is 27.4 Å². The number of rotatable bonds is 4. The third-order valence-electron chi connectivity index (χ3n) is 3.97. The topological polar surface area (TPSA) is 85.3 Å². The fourth-order valence-electron chi connectivity index (χ4n) is 2.66. The van der Waals surface area contributed by atoms with E-state index in [4.69, 9.17) is 4.74 Å². The largest absolute Gasteiger partial charge is 0.444 e. The molecule has 2 amide bonds. The normalized spacial score (nSPS) is 11.1. The Balaban J connectivity index is 1.76. The molecule has 0 bridgehead atoms. The fraction of sp³-hybridized carbons (Fsp3) is 0.227. The van der Waals surface area contributed by atoms with Gasteiger partial charge in [-0.3, -0.25) is 10.1 Å². The Morgan fingerprint density at radius 1 is 1.03 bits per heavy atom. The van der Waals surface area contributed by atoms with Gasteiger partial charge in [-0.05, 0) is 75.7 Å². The molecule has 156 valence electrons. The minimum Gasteiger partial charge on any atom is -0.444 e. The summed E-state index contributed by atoms with van der Waals surface area (Å²) < 4.78 is 20.7. The number of hydrogen-bond acceptors (Lipinski definition) is 4. The van der Waals surface area contributed by atoms with E-state index in [0.29, 0.717) is 5.56 Å². The molecule has 8 heteroatoms. The van der Waals surface area contributed by atoms with Crippen LogP contribution in [0.4, 0.5) is 20.6 Å². The summed E-state index contributed by atoms with van der Waals surface area (Å²) in [5.41, 5.74) is 1.85. The van der Waals surface area contributed by atoms with E-state index in [1.165, 1.54) is 12.1 Å². The number of benzene rings is 2. The molecule has 1 aromatic heterocycles. The summed E-state index contributed by atoms with van der Waals surface area (Å²) in [5.74, 6) is -1.000. The van der Waals surface area contributed by atoms with Gasteiger partial charge in [-0.15, -0.1) is 0 Å². The Kier molecular flexibility index (Phi) is 5.86. The highest BCUT2D eigenvalue weighted by Gasteiger charge is 2.18. The second kappa shape index (κ2) is 8.36. The zero-order chi connectivity index (χ0) is 21.9. The van der Waals surface area contributed by atoms with E-state index in [-0.39, 0.29) is 11.4 Å². The molecule has 0 spiro atoms. The second-order valence-electron chi connectivity index (χ2n) is 7.78. The third kappa shape index (κ3) is 5.44. The van der Waals surface area contributed by atoms with E-state index in [1.54, 1.807) is 55.9 Å². The number of aromatic nitrogens is 2. The van der Waals surface area contributed by atoms with Crippen LogP contribution in [-0.2, 0) is 4.74 Å². The van der Waals surface area contributed by atoms with Gasteiger partial charge in [0.05, 0.1) is 23.3 Å². The molecule has 7 nitrogen and oxygen atoms in total. The van der Waals surface area contributed by atoms with Crippen molar-refractivity contribution in [3.8, 4) is 5.69 Å². The molecule has 3 aromatic rings. The van der Waals surface area contributed by atoms with E-state index in [2.05, 4.69) is 15.7 Å². The van der Waals surface area contributed by atoms with E-state index in [0.717, 1.165) is 17.3 Å². The lowest BCUT2D eigenvalue weighted by atomic mass is 10.1. The van der Waals surface area contributed by atoms with E-state index in [9.17, 15) is 14.0 Å². The van der Waals surface area contributed by atoms with Crippen LogP contribution in [0.25, 0.3) is 5.69 Å². The zero-order valence-corrected chi connectivity index (χ0v) is 17.2. The number of aryl methyl sites for hydroxylation is 1. The van der Waals surface area contributed by atoms with Gasteiger partial charge in [-0.2, -0.15) is 5.10 Å². The smallest absolute Gasteiger partial charge is 0.412 e. The van der Waals surface area contributed by atoms with E-state index < -0.39 is 23.4 Å². The first-order valence-electron chi connectivity index (χ1n) is 9.33. The summed E-state index contributed by atoms with van der Waals surface area (Å²) in [6, 6.07) is 10.5. The van der Waals surface area contributed by atoms with Crippen molar-refractivity contribution in [2.75, 3.05) is 10.6 Å². The minimum absolute atomic E-state index is 0.123. The molecule has 0 aliphatic rings. The van der Waals surface area contributed by atoms with Crippen LogP contribution >= 0.6 is 0 Å². The first-order chi connectivity index (χ1) is 14.1. The number of carbonyl (C=O) groups excluding carboxylic acids is 2. The maximum Gasteiger partial charge on any atom is 0.412 e. The van der Waals surface area contributed by atoms with Gasteiger partial charge in [0.1, 0.15) is 11.4 Å². The molecule has 0 atom stereocenters. The van der Waals surface area contributed by atoms with Crippen molar-refractivity contribution in [3.63, 3.8) is 0 Å². The fourth-order valence-corrected chi connectivity index (χ4v) is 2.66. The van der Waals surface area contributed by atoms with E-state index in [1.807, 2.05) is 13.1 Å². The molecule has 0 fully saturated rings. The number of nitrogens with one attached hydrogen (secondary N) is 2. The zero-order valence-electron chi connectivity index (χ0n) is 17.2. The van der Waals surface area contributed by atoms with Crippen molar-refractivity contribution in [2.45, 2.75) is 33.3 Å². The lowest BCUT2D eigenvalue weighted by molar-refractivity contribution is 0.0635. The van der Waals surface area contributed by atoms with Crippen molar-refractivity contribution >= 4 is 23.4 Å². The maximum absolute atomic E-state index is 13.7. The average Bonchev–Trinajstić information content (AvgIpc) is 3.09. The second-order valence-corrected chi connectivity index (χ2v) is 7.78. The monoisotopic (exact) mass is 410 g/mol. The van der Waals surface area contributed by atoms with Crippen molar-refractivity contribution in [1.29, 1.82) is 0 Å². The van der Waals surface area contributed by atoms with Crippen LogP contribution in [0.3, 0.4) is 0 Å². The van der Waals surface area contributed by atoms with Crippen LogP contribution in [0.5, 0.6) is 0 Å². The predicted octanol–water partition coefficient (Wildman–Crippen LogP) is 4.92. The Hall–Kier alpha value is -3.68. The number of carbonyl (C=O) groups is 2. The van der Waals surface area contributed by atoms with Crippen LogP contribution in [0.1, 0.15) is 36.7 Å². The van der Waals surface area contributed by atoms with Gasteiger partial charge in [-0.25, -0.2) is 13.9 Å². The summed E-state index contributed by atoms with van der Waals surface area (Å²) in [7, 11) is 0. The van der Waals surface area contributed by atoms with Gasteiger partial charge < -0.3 is 10.1 Å². The van der Waals surface area contributed by atoms with Gasteiger partial charge in [0.2, 0.25) is 0 Å². The van der Waals surface area contributed by atoms with Crippen LogP contribution < -0.4 is 10.6 Å². The predicted molar refractivity (Wildman–Crippen MR) is 113 cm³/mol. The Morgan fingerprint density at radius 2 is 1.73 bits per heavy atom. The number of hydrogen-bond donors (Lipinski definition) is 2. The highest BCUT2D eigenvalue weighted by Crippen LogP contribution is 2.24. The minimum atomic E-state index is -0.705. The van der Waals surface area contributed by atoms with Gasteiger partial charge >= 0.3 is 6.09 Å². The van der Waals surface area contributed by atoms with Crippen LogP contribution in [0, 0.1) is 12.7 Å². The number of ether oxygens (including phenoxy) is 1. The Bertz CT molecular complexity index is 1070. The third-order valence-corrected chi connectivity index (χ3v) is 3.97. The summed E-state index contributed by atoms with van der Waals surface area (Å²) in [5, 5.41) is 9.38. The first kappa shape index (κ1) is 21.0. The molecule has 1 heterocycles. The molecule has 2 N–H and O–H groups in total. The van der Waals surface area contributed by atoms with Gasteiger partial charge in [0, 0.05) is 11.8 Å². The van der Waals surface area contributed by atoms with Crippen LogP contribution in [0.2, 0.25) is 0 Å². The van der Waals surface area contributed by atoms with Gasteiger partial charge in [-0.1, -0.05) is 0 Å². The summed E-state index contributed by atoms with van der Waals surface area (Å²) >= 11 is 0. The van der Waals surface area contributed by atoms with Gasteiger partial charge in [0.15, 0.2) is 0 Å². The Labute approximate surface area is 173 Å². The SMILES string of the molecule is Cc1cnn(-c2ccc(C(=O)Nc3cc(F)ccc3NC(=O)OC(C)(C)C)cc2)c1. The lowest BCUT2D eigenvalue weighted by Crippen LogP contribution is -2.27. The van der Waals surface area contributed by atoms with Crippen molar-refractivity contribution in [3.05, 3.63) is 71.8 Å². The number of halogens is 1. The maximum atomic E-state index is 13.7. The molecule has 0 aliphatic heterocycles. The number of anilines is 2. The van der Waals surface area contributed by atoms with Crippen molar-refractivity contribution in [1.82, 2.24) is 9.78 Å². The standard InChI is InChI=1S/C22H23FN4O3/c1-14-12-24-27(13-14)17-8-5-15(6-9-17)20(28)25-19-11-16(23)7-10-18(19)26-21(29)30-22(2,3)4/h5-13H,1-4H3,(H,25,28)(H,26,29). The average molecular weight is 410 g/mol. The van der Waals surface area contributed by atoms with Crippen LogP contribution in [0.15, 0.2) is 54.9 Å². The molecule has 0 saturated carbocycles. The molecule has 0 aliphatic carbocycles. The molecule has 2 aromatic carbocycles. The molecule has 30 heavy (non-hydrogen) atoms. The molecule has 0 saturated heterocycles. The summed E-state index contributed by atoms with van der Waals surface area (Å²) in [6.07, 6.45) is 2.91. The molecular weight excluding hydrogens is 387 g/mol. The number of amides is 2.